The lowest BCUT2D eigenvalue weighted by Crippen LogP contribution is -2.55. The Kier molecular flexibility index (Phi) is 5.52. The van der Waals surface area contributed by atoms with Gasteiger partial charge in [-0.15, -0.1) is 0 Å². The van der Waals surface area contributed by atoms with Gasteiger partial charge in [-0.1, -0.05) is 0 Å². The smallest absolute Gasteiger partial charge is 0.329 e. The summed E-state index contributed by atoms with van der Waals surface area (Å²) >= 11 is 1.85. The molecule has 0 aliphatic carbocycles. The summed E-state index contributed by atoms with van der Waals surface area (Å²) in [5, 5.41) is 9.79. The van der Waals surface area contributed by atoms with Crippen LogP contribution in [0.5, 0.6) is 0 Å². The molecule has 0 aromatic carbocycles. The molecule has 1 aliphatic heterocycles. The number of hydrogen-bond acceptors (Lipinski definition) is 3. The summed E-state index contributed by atoms with van der Waals surface area (Å²) in [6, 6.07) is -0.186. The number of urea groups is 1. The van der Waals surface area contributed by atoms with Crippen LogP contribution < -0.4 is 0 Å². The molecule has 1 aliphatic rings. The molecule has 110 valence electrons. The number of hydrogen-bond donors (Lipinski definition) is 1. The first-order chi connectivity index (χ1) is 8.80. The number of likely N-dealkylation sites (tertiary alicyclic amines) is 1. The van der Waals surface area contributed by atoms with E-state index >= 15 is 0 Å². The Labute approximate surface area is 119 Å². The SMILES string of the molecule is CSC1CCCN(C(=O)N(C)C(C)(C)C(=O)O)CC1. The molecule has 1 atom stereocenters. The Balaban J connectivity index is 2.69. The molecule has 0 aromatic rings. The number of aliphatic carboxylic acids is 1. The minimum Gasteiger partial charge on any atom is -0.480 e. The number of thioether (sulfide) groups is 1. The van der Waals surface area contributed by atoms with E-state index in [-0.39, 0.29) is 6.03 Å². The van der Waals surface area contributed by atoms with E-state index in [2.05, 4.69) is 6.26 Å². The van der Waals surface area contributed by atoms with Crippen molar-refractivity contribution in [2.45, 2.75) is 43.9 Å². The highest BCUT2D eigenvalue weighted by Gasteiger charge is 2.37. The molecule has 0 saturated carbocycles. The van der Waals surface area contributed by atoms with Crippen LogP contribution in [-0.2, 0) is 4.79 Å². The summed E-state index contributed by atoms with van der Waals surface area (Å²) in [5.41, 5.74) is -1.18. The summed E-state index contributed by atoms with van der Waals surface area (Å²) in [5.74, 6) is -0.986. The van der Waals surface area contributed by atoms with Crippen molar-refractivity contribution >= 4 is 23.8 Å². The third-order valence-corrected chi connectivity index (χ3v) is 5.07. The van der Waals surface area contributed by atoms with E-state index in [4.69, 9.17) is 0 Å². The Hall–Kier alpha value is -0.910. The lowest BCUT2D eigenvalue weighted by Gasteiger charge is -2.35. The van der Waals surface area contributed by atoms with Gasteiger partial charge in [0.05, 0.1) is 0 Å². The van der Waals surface area contributed by atoms with Crippen LogP contribution in [0.25, 0.3) is 0 Å². The standard InChI is InChI=1S/C13H24N2O3S/c1-13(2,11(16)17)14(3)12(18)15-8-5-6-10(19-4)7-9-15/h10H,5-9H2,1-4H3,(H,16,17). The van der Waals surface area contributed by atoms with Gasteiger partial charge in [0.2, 0.25) is 0 Å². The molecular formula is C13H24N2O3S. The number of carbonyl (C=O) groups excluding carboxylic acids is 1. The van der Waals surface area contributed by atoms with Crippen LogP contribution in [0.4, 0.5) is 4.79 Å². The van der Waals surface area contributed by atoms with E-state index in [1.54, 1.807) is 25.8 Å². The normalized spacial score (nSPS) is 20.8. The van der Waals surface area contributed by atoms with Gasteiger partial charge in [0.1, 0.15) is 5.54 Å². The first-order valence-electron chi connectivity index (χ1n) is 6.59. The monoisotopic (exact) mass is 288 g/mol. The Morgan fingerprint density at radius 2 is 1.95 bits per heavy atom. The molecule has 1 fully saturated rings. The van der Waals surface area contributed by atoms with Crippen molar-refractivity contribution in [3.63, 3.8) is 0 Å². The van der Waals surface area contributed by atoms with Crippen LogP contribution in [0.3, 0.4) is 0 Å². The number of carboxylic acid groups (broad SMARTS) is 1. The second-order valence-electron chi connectivity index (χ2n) is 5.48. The molecule has 1 unspecified atom stereocenters. The summed E-state index contributed by atoms with van der Waals surface area (Å²) in [4.78, 5) is 26.7. The molecule has 6 heteroatoms. The number of rotatable bonds is 3. The predicted octanol–water partition coefficient (Wildman–Crippen LogP) is 2.12. The van der Waals surface area contributed by atoms with Crippen LogP contribution in [0.15, 0.2) is 0 Å². The van der Waals surface area contributed by atoms with Gasteiger partial charge in [-0.3, -0.25) is 0 Å². The number of likely N-dealkylation sites (N-methyl/N-ethyl adjacent to an activating group) is 1. The number of amides is 2. The fraction of sp³-hybridized carbons (Fsp3) is 0.846. The zero-order chi connectivity index (χ0) is 14.6. The molecule has 1 N–H and O–H groups in total. The molecule has 2 amide bonds. The van der Waals surface area contributed by atoms with Crippen molar-refractivity contribution in [1.29, 1.82) is 0 Å². The highest BCUT2D eigenvalue weighted by molar-refractivity contribution is 7.99. The average Bonchev–Trinajstić information content (AvgIpc) is 2.61. The highest BCUT2D eigenvalue weighted by atomic mass is 32.2. The number of carbonyl (C=O) groups is 2. The molecule has 0 spiro atoms. The maximum Gasteiger partial charge on any atom is 0.329 e. The molecular weight excluding hydrogens is 264 g/mol. The van der Waals surface area contributed by atoms with Crippen molar-refractivity contribution in [3.05, 3.63) is 0 Å². The minimum atomic E-state index is -1.18. The maximum absolute atomic E-state index is 12.4. The van der Waals surface area contributed by atoms with Crippen molar-refractivity contribution in [2.75, 3.05) is 26.4 Å². The Bertz CT molecular complexity index is 347. The molecule has 19 heavy (non-hydrogen) atoms. The highest BCUT2D eigenvalue weighted by Crippen LogP contribution is 2.23. The fourth-order valence-electron chi connectivity index (χ4n) is 2.09. The Morgan fingerprint density at radius 3 is 2.47 bits per heavy atom. The van der Waals surface area contributed by atoms with E-state index in [1.165, 1.54) is 4.90 Å². The molecule has 1 saturated heterocycles. The van der Waals surface area contributed by atoms with Gasteiger partial charge in [0.25, 0.3) is 0 Å². The van der Waals surface area contributed by atoms with E-state index in [0.29, 0.717) is 11.8 Å². The zero-order valence-corrected chi connectivity index (χ0v) is 13.0. The van der Waals surface area contributed by atoms with Crippen LogP contribution in [-0.4, -0.2) is 64.1 Å². The third-order valence-electron chi connectivity index (χ3n) is 3.93. The lowest BCUT2D eigenvalue weighted by molar-refractivity contribution is -0.147. The molecule has 5 nitrogen and oxygen atoms in total. The number of carboxylic acids is 1. The zero-order valence-electron chi connectivity index (χ0n) is 12.2. The summed E-state index contributed by atoms with van der Waals surface area (Å²) in [6.07, 6.45) is 5.19. The topological polar surface area (TPSA) is 60.9 Å². The van der Waals surface area contributed by atoms with Crippen molar-refractivity contribution in [3.8, 4) is 0 Å². The average molecular weight is 288 g/mol. The van der Waals surface area contributed by atoms with Crippen LogP contribution >= 0.6 is 11.8 Å². The van der Waals surface area contributed by atoms with E-state index < -0.39 is 11.5 Å². The molecule has 0 aromatic heterocycles. The van der Waals surface area contributed by atoms with Gasteiger partial charge >= 0.3 is 12.0 Å². The summed E-state index contributed by atoms with van der Waals surface area (Å²) in [7, 11) is 1.56. The molecule has 1 rings (SSSR count). The first-order valence-corrected chi connectivity index (χ1v) is 7.88. The van der Waals surface area contributed by atoms with Crippen molar-refractivity contribution in [1.82, 2.24) is 9.80 Å². The van der Waals surface area contributed by atoms with E-state index in [1.807, 2.05) is 11.8 Å². The van der Waals surface area contributed by atoms with E-state index in [0.717, 1.165) is 25.8 Å². The molecule has 1 heterocycles. The van der Waals surface area contributed by atoms with Crippen LogP contribution in [0, 0.1) is 0 Å². The third kappa shape index (κ3) is 3.78. The summed E-state index contributed by atoms with van der Waals surface area (Å²) in [6.45, 7) is 4.53. The second-order valence-corrected chi connectivity index (χ2v) is 6.62. The predicted molar refractivity (Wildman–Crippen MR) is 77.6 cm³/mol. The van der Waals surface area contributed by atoms with Gasteiger partial charge < -0.3 is 14.9 Å². The lowest BCUT2D eigenvalue weighted by atomic mass is 10.0. The van der Waals surface area contributed by atoms with Crippen molar-refractivity contribution in [2.24, 2.45) is 0 Å². The molecule has 0 radical (unpaired) electrons. The quantitative estimate of drug-likeness (QED) is 0.864. The maximum atomic E-state index is 12.4. The van der Waals surface area contributed by atoms with Gasteiger partial charge in [0, 0.05) is 25.4 Å². The molecule has 0 bridgehead atoms. The minimum absolute atomic E-state index is 0.186. The van der Waals surface area contributed by atoms with Crippen LogP contribution in [0.1, 0.15) is 33.1 Å². The van der Waals surface area contributed by atoms with Crippen molar-refractivity contribution < 1.29 is 14.7 Å². The van der Waals surface area contributed by atoms with Gasteiger partial charge in [-0.2, -0.15) is 11.8 Å². The second kappa shape index (κ2) is 6.50. The summed E-state index contributed by atoms with van der Waals surface area (Å²) < 4.78 is 0. The largest absolute Gasteiger partial charge is 0.480 e. The number of nitrogens with zero attached hydrogens (tertiary/aromatic N) is 2. The fourth-order valence-corrected chi connectivity index (χ4v) is 2.83. The van der Waals surface area contributed by atoms with Gasteiger partial charge in [-0.25, -0.2) is 9.59 Å². The van der Waals surface area contributed by atoms with Gasteiger partial charge in [-0.05, 0) is 39.4 Å². The van der Waals surface area contributed by atoms with Gasteiger partial charge in [0.15, 0.2) is 0 Å². The Morgan fingerprint density at radius 1 is 1.32 bits per heavy atom. The first kappa shape index (κ1) is 16.1. The van der Waals surface area contributed by atoms with Crippen LogP contribution in [0.2, 0.25) is 0 Å². The van der Waals surface area contributed by atoms with E-state index in [9.17, 15) is 14.7 Å².